The van der Waals surface area contributed by atoms with Crippen molar-refractivity contribution in [3.8, 4) is 0 Å². The van der Waals surface area contributed by atoms with Crippen molar-refractivity contribution in [1.29, 1.82) is 0 Å². The topological polar surface area (TPSA) is 6.48 Å². The van der Waals surface area contributed by atoms with Crippen molar-refractivity contribution in [2.24, 2.45) is 0 Å². The Hall–Kier alpha value is -0.380. The van der Waals surface area contributed by atoms with Gasteiger partial charge in [-0.15, -0.1) is 0 Å². The minimum absolute atomic E-state index is 1.01. The monoisotopic (exact) mass is 298 g/mol. The van der Waals surface area contributed by atoms with Crippen molar-refractivity contribution >= 4 is 15.9 Å². The third-order valence-corrected chi connectivity index (χ3v) is 3.53. The molecule has 0 bridgehead atoms. The SMILES string of the molecule is CCN(CC)CCN(C)Cc1cccc(Br)c1. The number of hydrogen-bond donors (Lipinski definition) is 0. The molecule has 0 unspecified atom stereocenters. The lowest BCUT2D eigenvalue weighted by atomic mass is 10.2. The summed E-state index contributed by atoms with van der Waals surface area (Å²) in [5, 5.41) is 0. The summed E-state index contributed by atoms with van der Waals surface area (Å²) in [5.74, 6) is 0. The van der Waals surface area contributed by atoms with Crippen molar-refractivity contribution in [2.75, 3.05) is 33.2 Å². The molecule has 17 heavy (non-hydrogen) atoms. The highest BCUT2D eigenvalue weighted by atomic mass is 79.9. The number of halogens is 1. The minimum atomic E-state index is 1.01. The van der Waals surface area contributed by atoms with Crippen molar-refractivity contribution in [2.45, 2.75) is 20.4 Å². The van der Waals surface area contributed by atoms with E-state index in [4.69, 9.17) is 0 Å². The lowest BCUT2D eigenvalue weighted by Gasteiger charge is -2.23. The first-order valence-electron chi connectivity index (χ1n) is 6.31. The first kappa shape index (κ1) is 14.7. The van der Waals surface area contributed by atoms with Gasteiger partial charge in [-0.05, 0) is 37.8 Å². The Morgan fingerprint density at radius 1 is 1.12 bits per heavy atom. The molecule has 1 aromatic rings. The van der Waals surface area contributed by atoms with Crippen LogP contribution in [0.4, 0.5) is 0 Å². The van der Waals surface area contributed by atoms with Crippen LogP contribution in [0.1, 0.15) is 19.4 Å². The second kappa shape index (κ2) is 7.85. The van der Waals surface area contributed by atoms with E-state index in [1.165, 1.54) is 5.56 Å². The van der Waals surface area contributed by atoms with Gasteiger partial charge in [0, 0.05) is 24.1 Å². The minimum Gasteiger partial charge on any atom is -0.303 e. The second-order valence-electron chi connectivity index (χ2n) is 4.39. The zero-order valence-electron chi connectivity index (χ0n) is 11.1. The predicted molar refractivity (Wildman–Crippen MR) is 78.3 cm³/mol. The number of nitrogens with zero attached hydrogens (tertiary/aromatic N) is 2. The lowest BCUT2D eigenvalue weighted by Crippen LogP contribution is -2.32. The molecule has 0 aliphatic heterocycles. The normalized spacial score (nSPS) is 11.4. The van der Waals surface area contributed by atoms with Gasteiger partial charge in [0.2, 0.25) is 0 Å². The smallest absolute Gasteiger partial charge is 0.0231 e. The molecule has 1 aromatic carbocycles. The van der Waals surface area contributed by atoms with Gasteiger partial charge in [-0.2, -0.15) is 0 Å². The first-order valence-corrected chi connectivity index (χ1v) is 7.10. The van der Waals surface area contributed by atoms with Crippen LogP contribution in [-0.2, 0) is 6.54 Å². The maximum absolute atomic E-state index is 3.51. The van der Waals surface area contributed by atoms with Crippen molar-refractivity contribution in [1.82, 2.24) is 9.80 Å². The average Bonchev–Trinajstić information content (AvgIpc) is 2.30. The maximum atomic E-state index is 3.51. The van der Waals surface area contributed by atoms with Gasteiger partial charge >= 0.3 is 0 Å². The van der Waals surface area contributed by atoms with Gasteiger partial charge in [0.1, 0.15) is 0 Å². The maximum Gasteiger partial charge on any atom is 0.0231 e. The third-order valence-electron chi connectivity index (χ3n) is 3.03. The Labute approximate surface area is 114 Å². The molecule has 0 heterocycles. The highest BCUT2D eigenvalue weighted by Crippen LogP contribution is 2.12. The van der Waals surface area contributed by atoms with Crippen LogP contribution < -0.4 is 0 Å². The third kappa shape index (κ3) is 5.66. The molecule has 0 radical (unpaired) electrons. The van der Waals surface area contributed by atoms with Gasteiger partial charge < -0.3 is 9.80 Å². The molecule has 0 aliphatic rings. The number of rotatable bonds is 7. The summed E-state index contributed by atoms with van der Waals surface area (Å²) >= 11 is 3.51. The van der Waals surface area contributed by atoms with Crippen LogP contribution in [0.5, 0.6) is 0 Å². The van der Waals surface area contributed by atoms with E-state index in [2.05, 4.69) is 70.9 Å². The molecular weight excluding hydrogens is 276 g/mol. The number of likely N-dealkylation sites (N-methyl/N-ethyl adjacent to an activating group) is 2. The summed E-state index contributed by atoms with van der Waals surface area (Å²) in [6.45, 7) is 10.0. The molecule has 0 N–H and O–H groups in total. The van der Waals surface area contributed by atoms with Crippen molar-refractivity contribution < 1.29 is 0 Å². The standard InChI is InChI=1S/C14H23BrN2/c1-4-17(5-2)10-9-16(3)12-13-7-6-8-14(15)11-13/h6-8,11H,4-5,9-10,12H2,1-3H3. The Morgan fingerprint density at radius 2 is 1.82 bits per heavy atom. The summed E-state index contributed by atoms with van der Waals surface area (Å²) < 4.78 is 1.16. The zero-order chi connectivity index (χ0) is 12.7. The fourth-order valence-corrected chi connectivity index (χ4v) is 2.32. The summed E-state index contributed by atoms with van der Waals surface area (Å²) in [6.07, 6.45) is 0. The Balaban J connectivity index is 2.36. The Bertz CT molecular complexity index is 324. The van der Waals surface area contributed by atoms with E-state index in [-0.39, 0.29) is 0 Å². The number of benzene rings is 1. The van der Waals surface area contributed by atoms with Gasteiger partial charge in [-0.25, -0.2) is 0 Å². The predicted octanol–water partition coefficient (Wildman–Crippen LogP) is 3.22. The van der Waals surface area contributed by atoms with Gasteiger partial charge in [0.05, 0.1) is 0 Å². The quantitative estimate of drug-likeness (QED) is 0.763. The summed E-state index contributed by atoms with van der Waals surface area (Å²) in [7, 11) is 2.18. The van der Waals surface area contributed by atoms with E-state index >= 15 is 0 Å². The lowest BCUT2D eigenvalue weighted by molar-refractivity contribution is 0.236. The molecule has 1 rings (SSSR count). The van der Waals surface area contributed by atoms with Gasteiger partial charge in [-0.1, -0.05) is 41.9 Å². The fourth-order valence-electron chi connectivity index (χ4n) is 1.88. The molecule has 96 valence electrons. The van der Waals surface area contributed by atoms with Gasteiger partial charge in [-0.3, -0.25) is 0 Å². The Kier molecular flexibility index (Phi) is 6.78. The molecule has 0 spiro atoms. The fraction of sp³-hybridized carbons (Fsp3) is 0.571. The zero-order valence-corrected chi connectivity index (χ0v) is 12.7. The van der Waals surface area contributed by atoms with E-state index in [9.17, 15) is 0 Å². The highest BCUT2D eigenvalue weighted by molar-refractivity contribution is 9.10. The van der Waals surface area contributed by atoms with Crippen LogP contribution in [0, 0.1) is 0 Å². The Morgan fingerprint density at radius 3 is 2.41 bits per heavy atom. The average molecular weight is 299 g/mol. The molecule has 0 saturated heterocycles. The van der Waals surface area contributed by atoms with Gasteiger partial charge in [0.15, 0.2) is 0 Å². The second-order valence-corrected chi connectivity index (χ2v) is 5.31. The summed E-state index contributed by atoms with van der Waals surface area (Å²) in [5.41, 5.74) is 1.36. The molecule has 3 heteroatoms. The molecule has 0 saturated carbocycles. The molecule has 0 atom stereocenters. The van der Waals surface area contributed by atoms with Crippen LogP contribution in [0.3, 0.4) is 0 Å². The number of hydrogen-bond acceptors (Lipinski definition) is 2. The van der Waals surface area contributed by atoms with Gasteiger partial charge in [0.25, 0.3) is 0 Å². The van der Waals surface area contributed by atoms with Crippen LogP contribution in [0.15, 0.2) is 28.7 Å². The van der Waals surface area contributed by atoms with E-state index in [0.29, 0.717) is 0 Å². The van der Waals surface area contributed by atoms with E-state index in [0.717, 1.165) is 37.2 Å². The summed E-state index contributed by atoms with van der Waals surface area (Å²) in [4.78, 5) is 4.83. The molecule has 0 fully saturated rings. The molecule has 0 aromatic heterocycles. The first-order chi connectivity index (χ1) is 8.15. The molecule has 0 aliphatic carbocycles. The molecule has 0 amide bonds. The van der Waals surface area contributed by atoms with Crippen molar-refractivity contribution in [3.63, 3.8) is 0 Å². The largest absolute Gasteiger partial charge is 0.303 e. The van der Waals surface area contributed by atoms with Crippen LogP contribution in [-0.4, -0.2) is 43.0 Å². The van der Waals surface area contributed by atoms with Crippen LogP contribution in [0.25, 0.3) is 0 Å². The van der Waals surface area contributed by atoms with E-state index < -0.39 is 0 Å². The van der Waals surface area contributed by atoms with E-state index in [1.54, 1.807) is 0 Å². The van der Waals surface area contributed by atoms with Crippen LogP contribution >= 0.6 is 15.9 Å². The van der Waals surface area contributed by atoms with Crippen molar-refractivity contribution in [3.05, 3.63) is 34.3 Å². The summed E-state index contributed by atoms with van der Waals surface area (Å²) in [6, 6.07) is 8.53. The molecular formula is C14H23BrN2. The highest BCUT2D eigenvalue weighted by Gasteiger charge is 2.03. The molecule has 2 nitrogen and oxygen atoms in total. The van der Waals surface area contributed by atoms with E-state index in [1.807, 2.05) is 0 Å². The van der Waals surface area contributed by atoms with Crippen LogP contribution in [0.2, 0.25) is 0 Å².